The zero-order valence-corrected chi connectivity index (χ0v) is 21.2. The lowest BCUT2D eigenvalue weighted by molar-refractivity contribution is -0.192. The van der Waals surface area contributed by atoms with Crippen LogP contribution in [0.15, 0.2) is 48.9 Å². The molecule has 2 aliphatic rings. The van der Waals surface area contributed by atoms with Gasteiger partial charge in [0.25, 0.3) is 5.91 Å². The number of halogens is 4. The molecule has 0 atom stereocenters. The summed E-state index contributed by atoms with van der Waals surface area (Å²) in [6, 6.07) is 9.48. The van der Waals surface area contributed by atoms with E-state index in [1.807, 2.05) is 42.7 Å². The van der Waals surface area contributed by atoms with Gasteiger partial charge in [-0.3, -0.25) is 4.79 Å². The molecule has 1 aliphatic heterocycles. The van der Waals surface area contributed by atoms with E-state index in [1.54, 1.807) is 0 Å². The van der Waals surface area contributed by atoms with Crippen molar-refractivity contribution in [1.82, 2.24) is 19.9 Å². The first-order valence-corrected chi connectivity index (χ1v) is 12.6. The van der Waals surface area contributed by atoms with Gasteiger partial charge in [-0.15, -0.1) is 0 Å². The summed E-state index contributed by atoms with van der Waals surface area (Å²) in [5.74, 6) is -1.37. The molecule has 0 spiro atoms. The summed E-state index contributed by atoms with van der Waals surface area (Å²) in [5, 5.41) is 10.9. The Kier molecular flexibility index (Phi) is 8.55. The Morgan fingerprint density at radius 2 is 1.66 bits per heavy atom. The van der Waals surface area contributed by atoms with Crippen molar-refractivity contribution in [3.05, 3.63) is 65.2 Å². The SMILES string of the molecule is O=C(NCc1ccc(Cl)cc1)c1cc(-c2cnc(N3CCCC3)nc2)cn1CC1CC1.O=C(O)C(F)(F)F. The lowest BCUT2D eigenvalue weighted by Gasteiger charge is -2.14. The maximum absolute atomic E-state index is 13.0. The third-order valence-corrected chi connectivity index (χ3v) is 6.50. The summed E-state index contributed by atoms with van der Waals surface area (Å²) in [7, 11) is 0. The number of carbonyl (C=O) groups excluding carboxylic acids is 1. The highest BCUT2D eigenvalue weighted by molar-refractivity contribution is 6.30. The normalized spacial score (nSPS) is 15.1. The Balaban J connectivity index is 0.000000426. The van der Waals surface area contributed by atoms with Crippen molar-refractivity contribution in [2.24, 2.45) is 5.92 Å². The van der Waals surface area contributed by atoms with E-state index in [0.29, 0.717) is 23.2 Å². The summed E-state index contributed by atoms with van der Waals surface area (Å²) in [4.78, 5) is 33.2. The summed E-state index contributed by atoms with van der Waals surface area (Å²) in [6.07, 6.45) is 5.57. The number of nitrogens with one attached hydrogen (secondary N) is 1. The van der Waals surface area contributed by atoms with Crippen LogP contribution in [0.1, 0.15) is 41.7 Å². The maximum Gasteiger partial charge on any atom is 0.490 e. The highest BCUT2D eigenvalue weighted by atomic mass is 35.5. The van der Waals surface area contributed by atoms with Gasteiger partial charge in [-0.25, -0.2) is 14.8 Å². The monoisotopic (exact) mass is 549 g/mol. The third-order valence-electron chi connectivity index (χ3n) is 6.25. The van der Waals surface area contributed by atoms with E-state index in [1.165, 1.54) is 25.7 Å². The first-order chi connectivity index (χ1) is 18.1. The molecule has 3 aromatic rings. The number of hydrogen-bond donors (Lipinski definition) is 2. The van der Waals surface area contributed by atoms with E-state index in [0.717, 1.165) is 42.3 Å². The number of carboxylic acids is 1. The van der Waals surface area contributed by atoms with Gasteiger partial charge in [0.15, 0.2) is 0 Å². The second-order valence-electron chi connectivity index (χ2n) is 9.29. The molecule has 2 fully saturated rings. The van der Waals surface area contributed by atoms with Crippen LogP contribution in [0.4, 0.5) is 19.1 Å². The number of hydrogen-bond acceptors (Lipinski definition) is 5. The van der Waals surface area contributed by atoms with Crippen LogP contribution in [0, 0.1) is 5.92 Å². The third kappa shape index (κ3) is 7.47. The average molecular weight is 550 g/mol. The molecule has 1 aromatic carbocycles. The van der Waals surface area contributed by atoms with Crippen LogP contribution >= 0.6 is 11.6 Å². The molecule has 1 saturated carbocycles. The highest BCUT2D eigenvalue weighted by Gasteiger charge is 2.38. The molecule has 1 saturated heterocycles. The molecule has 5 rings (SSSR count). The molecule has 0 radical (unpaired) electrons. The predicted molar refractivity (Wildman–Crippen MR) is 136 cm³/mol. The number of amides is 1. The van der Waals surface area contributed by atoms with Gasteiger partial charge in [0.05, 0.1) is 0 Å². The van der Waals surface area contributed by atoms with Gasteiger partial charge in [-0.05, 0) is 55.4 Å². The summed E-state index contributed by atoms with van der Waals surface area (Å²) < 4.78 is 33.8. The summed E-state index contributed by atoms with van der Waals surface area (Å²) in [6.45, 7) is 3.38. The zero-order valence-electron chi connectivity index (χ0n) is 20.4. The van der Waals surface area contributed by atoms with Gasteiger partial charge in [0.2, 0.25) is 5.95 Å². The lowest BCUT2D eigenvalue weighted by Crippen LogP contribution is -2.25. The fraction of sp³-hybridized carbons (Fsp3) is 0.385. The van der Waals surface area contributed by atoms with Crippen LogP contribution in [0.3, 0.4) is 0 Å². The maximum atomic E-state index is 13.0. The Morgan fingerprint density at radius 3 is 2.21 bits per heavy atom. The first kappa shape index (κ1) is 27.4. The van der Waals surface area contributed by atoms with E-state index in [9.17, 15) is 18.0 Å². The van der Waals surface area contributed by atoms with Crippen LogP contribution in [0.2, 0.25) is 5.02 Å². The van der Waals surface area contributed by atoms with Crippen molar-refractivity contribution in [3.63, 3.8) is 0 Å². The second-order valence-corrected chi connectivity index (χ2v) is 9.72. The Morgan fingerprint density at radius 1 is 1.05 bits per heavy atom. The van der Waals surface area contributed by atoms with Crippen LogP contribution in [-0.4, -0.2) is 50.8 Å². The molecular formula is C26H27ClF3N5O3. The number of aliphatic carboxylic acids is 1. The fourth-order valence-corrected chi connectivity index (χ4v) is 4.14. The largest absolute Gasteiger partial charge is 0.490 e. The molecule has 2 aromatic heterocycles. The second kappa shape index (κ2) is 11.8. The van der Waals surface area contributed by atoms with Gasteiger partial charge in [0.1, 0.15) is 5.69 Å². The topological polar surface area (TPSA) is 100 Å². The van der Waals surface area contributed by atoms with Crippen molar-refractivity contribution < 1.29 is 27.9 Å². The molecular weight excluding hydrogens is 523 g/mol. The molecule has 3 heterocycles. The van der Waals surface area contributed by atoms with Crippen LogP contribution in [-0.2, 0) is 17.9 Å². The smallest absolute Gasteiger partial charge is 0.475 e. The Hall–Kier alpha value is -3.60. The highest BCUT2D eigenvalue weighted by Crippen LogP contribution is 2.32. The first-order valence-electron chi connectivity index (χ1n) is 12.2. The van der Waals surface area contributed by atoms with E-state index in [-0.39, 0.29) is 5.91 Å². The number of aromatic nitrogens is 3. The Labute approximate surface area is 222 Å². The number of carboxylic acid groups (broad SMARTS) is 1. The molecule has 8 nitrogen and oxygen atoms in total. The van der Waals surface area contributed by atoms with Crippen molar-refractivity contribution in [3.8, 4) is 11.1 Å². The van der Waals surface area contributed by atoms with Crippen LogP contribution in [0.25, 0.3) is 11.1 Å². The van der Waals surface area contributed by atoms with Crippen molar-refractivity contribution in [2.45, 2.75) is 44.9 Å². The van der Waals surface area contributed by atoms with Crippen LogP contribution < -0.4 is 10.2 Å². The molecule has 0 unspecified atom stereocenters. The number of benzene rings is 1. The molecule has 1 aliphatic carbocycles. The molecule has 0 bridgehead atoms. The molecule has 1 amide bonds. The number of anilines is 1. The van der Waals surface area contributed by atoms with Crippen molar-refractivity contribution in [2.75, 3.05) is 18.0 Å². The summed E-state index contributed by atoms with van der Waals surface area (Å²) >= 11 is 5.95. The van der Waals surface area contributed by atoms with E-state index < -0.39 is 12.1 Å². The fourth-order valence-electron chi connectivity index (χ4n) is 4.01. The molecule has 12 heteroatoms. The summed E-state index contributed by atoms with van der Waals surface area (Å²) in [5.41, 5.74) is 3.61. The van der Waals surface area contributed by atoms with E-state index in [2.05, 4.69) is 30.9 Å². The van der Waals surface area contributed by atoms with Gasteiger partial charge in [-0.2, -0.15) is 13.2 Å². The Bertz CT molecular complexity index is 1250. The van der Waals surface area contributed by atoms with Gasteiger partial charge >= 0.3 is 12.1 Å². The predicted octanol–water partition coefficient (Wildman–Crippen LogP) is 5.17. The zero-order chi connectivity index (χ0) is 27.3. The minimum atomic E-state index is -5.08. The minimum absolute atomic E-state index is 0.0727. The van der Waals surface area contributed by atoms with Crippen molar-refractivity contribution in [1.29, 1.82) is 0 Å². The minimum Gasteiger partial charge on any atom is -0.475 e. The van der Waals surface area contributed by atoms with Gasteiger partial charge < -0.3 is 19.9 Å². The van der Waals surface area contributed by atoms with E-state index >= 15 is 0 Å². The van der Waals surface area contributed by atoms with E-state index in [4.69, 9.17) is 21.5 Å². The number of rotatable bonds is 7. The molecule has 202 valence electrons. The average Bonchev–Trinajstić information content (AvgIpc) is 3.35. The van der Waals surface area contributed by atoms with Crippen LogP contribution in [0.5, 0.6) is 0 Å². The van der Waals surface area contributed by atoms with Gasteiger partial charge in [0, 0.05) is 60.9 Å². The van der Waals surface area contributed by atoms with Gasteiger partial charge in [-0.1, -0.05) is 23.7 Å². The number of carbonyl (C=O) groups is 2. The van der Waals surface area contributed by atoms with Crippen molar-refractivity contribution >= 4 is 29.4 Å². The molecule has 38 heavy (non-hydrogen) atoms. The lowest BCUT2D eigenvalue weighted by atomic mass is 10.2. The number of alkyl halides is 3. The quantitative estimate of drug-likeness (QED) is 0.422. The number of nitrogens with zero attached hydrogens (tertiary/aromatic N) is 4. The standard InChI is InChI=1S/C24H26ClN5O.C2HF3O2/c25-21-7-5-17(6-8-21)12-26-23(31)22-11-19(16-30(22)15-18-3-4-18)20-13-27-24(28-14-20)29-9-1-2-10-29;3-2(4,5)1(6)7/h5-8,11,13-14,16,18H,1-4,9-10,12,15H2,(H,26,31);(H,6,7). The molecule has 2 N–H and O–H groups in total.